The van der Waals surface area contributed by atoms with E-state index in [1.54, 1.807) is 0 Å². The second-order valence-electron chi connectivity index (χ2n) is 7.61. The number of likely N-dealkylation sites (tertiary alicyclic amines) is 1. The highest BCUT2D eigenvalue weighted by Gasteiger charge is 2.17. The molecule has 7 heteroatoms. The highest BCUT2D eigenvalue weighted by Crippen LogP contribution is 2.38. The van der Waals surface area contributed by atoms with Gasteiger partial charge in [0.15, 0.2) is 5.69 Å². The van der Waals surface area contributed by atoms with Gasteiger partial charge in [-0.3, -0.25) is 4.79 Å². The number of nitrogens with zero attached hydrogens (tertiary/aromatic N) is 5. The molecule has 0 bridgehead atoms. The number of benzene rings is 1. The number of rotatable bonds is 9. The first-order valence-corrected chi connectivity index (χ1v) is 10.8. The third kappa shape index (κ3) is 5.42. The Kier molecular flexibility index (Phi) is 7.77. The van der Waals surface area contributed by atoms with Crippen LogP contribution in [0.25, 0.3) is 10.9 Å². The summed E-state index contributed by atoms with van der Waals surface area (Å²) in [6, 6.07) is 7.73. The predicted octanol–water partition coefficient (Wildman–Crippen LogP) is 4.18. The minimum atomic E-state index is -0.241. The quantitative estimate of drug-likeness (QED) is 0.642. The number of carbonyl (C=O) groups excluding carboxylic acids is 1. The van der Waals surface area contributed by atoms with E-state index in [2.05, 4.69) is 33.9 Å². The molecule has 1 amide bonds. The van der Waals surface area contributed by atoms with Crippen LogP contribution < -0.4 is 0 Å². The molecule has 2 aromatic rings. The topological polar surface area (TPSA) is 73.4 Å². The number of hydrogen-bond donors (Lipinski definition) is 1. The lowest BCUT2D eigenvalue weighted by Gasteiger charge is -2.25. The second-order valence-corrected chi connectivity index (χ2v) is 7.61. The van der Waals surface area contributed by atoms with E-state index in [0.29, 0.717) is 18.7 Å². The average molecular weight is 400 g/mol. The molecule has 1 aliphatic rings. The summed E-state index contributed by atoms with van der Waals surface area (Å²) in [5, 5.41) is 19.7. The predicted molar refractivity (Wildman–Crippen MR) is 116 cm³/mol. The van der Waals surface area contributed by atoms with Crippen LogP contribution in [0.15, 0.2) is 34.5 Å². The molecule has 0 radical (unpaired) electrons. The van der Waals surface area contributed by atoms with Gasteiger partial charge in [0.05, 0.1) is 5.52 Å². The molecule has 0 unspecified atom stereocenters. The van der Waals surface area contributed by atoms with Gasteiger partial charge in [-0.1, -0.05) is 38.5 Å². The fraction of sp³-hybridized carbons (Fsp3) is 0.591. The summed E-state index contributed by atoms with van der Waals surface area (Å²) in [5.41, 5.74) is 1.29. The molecule has 1 fully saturated rings. The Hall–Kier alpha value is -2.25. The van der Waals surface area contributed by atoms with E-state index < -0.39 is 0 Å². The fourth-order valence-corrected chi connectivity index (χ4v) is 3.97. The summed E-state index contributed by atoms with van der Waals surface area (Å²) in [6.07, 6.45) is 4.06. The Morgan fingerprint density at radius 1 is 1.10 bits per heavy atom. The van der Waals surface area contributed by atoms with E-state index in [1.165, 1.54) is 19.3 Å². The van der Waals surface area contributed by atoms with Crippen molar-refractivity contribution in [3.8, 4) is 5.88 Å². The van der Waals surface area contributed by atoms with Gasteiger partial charge in [0.2, 0.25) is 5.88 Å². The van der Waals surface area contributed by atoms with Crippen molar-refractivity contribution in [3.05, 3.63) is 24.3 Å². The fourth-order valence-electron chi connectivity index (χ4n) is 3.97. The molecule has 1 N–H and O–H groups in total. The number of amides is 1. The third-order valence-corrected chi connectivity index (χ3v) is 5.80. The Morgan fingerprint density at radius 3 is 2.55 bits per heavy atom. The number of aromatic hydroxyl groups is 1. The van der Waals surface area contributed by atoms with Crippen LogP contribution in [-0.2, 0) is 11.3 Å². The van der Waals surface area contributed by atoms with Crippen molar-refractivity contribution in [3.63, 3.8) is 0 Å². The second kappa shape index (κ2) is 10.5. The standard InChI is InChI=1S/C22H33N5O2/c1-3-25(4-2)16-17-27-19-11-7-6-10-18(19)21(22(27)29)24-23-20(28)12-15-26-13-8-5-9-14-26/h6-7,10-11,29H,3-5,8-9,12-17H2,1-2H3. The van der Waals surface area contributed by atoms with Crippen LogP contribution in [0.5, 0.6) is 5.88 Å². The van der Waals surface area contributed by atoms with Crippen LogP contribution >= 0.6 is 0 Å². The zero-order chi connectivity index (χ0) is 20.6. The maximum atomic E-state index is 12.2. The summed E-state index contributed by atoms with van der Waals surface area (Å²) >= 11 is 0. The van der Waals surface area contributed by atoms with Crippen LogP contribution in [0.4, 0.5) is 5.69 Å². The van der Waals surface area contributed by atoms with Gasteiger partial charge in [0.25, 0.3) is 5.91 Å². The van der Waals surface area contributed by atoms with Gasteiger partial charge in [-0.05, 0) is 45.1 Å². The molecule has 1 aliphatic heterocycles. The van der Waals surface area contributed by atoms with Gasteiger partial charge < -0.3 is 19.5 Å². The Labute approximate surface area is 173 Å². The van der Waals surface area contributed by atoms with Crippen molar-refractivity contribution in [2.75, 3.05) is 39.3 Å². The molecule has 0 saturated carbocycles. The molecule has 0 atom stereocenters. The van der Waals surface area contributed by atoms with Crippen LogP contribution in [-0.4, -0.2) is 64.6 Å². The molecule has 1 saturated heterocycles. The van der Waals surface area contributed by atoms with Crippen LogP contribution in [0.3, 0.4) is 0 Å². The van der Waals surface area contributed by atoms with Crippen molar-refractivity contribution in [1.82, 2.24) is 14.4 Å². The Morgan fingerprint density at radius 2 is 1.83 bits per heavy atom. The molecule has 1 aromatic carbocycles. The van der Waals surface area contributed by atoms with Gasteiger partial charge >= 0.3 is 0 Å². The summed E-state index contributed by atoms with van der Waals surface area (Å²) in [6.45, 7) is 10.5. The first-order valence-electron chi connectivity index (χ1n) is 10.8. The third-order valence-electron chi connectivity index (χ3n) is 5.80. The number of aromatic nitrogens is 1. The maximum absolute atomic E-state index is 12.2. The number of fused-ring (bicyclic) bond motifs is 1. The largest absolute Gasteiger partial charge is 0.493 e. The van der Waals surface area contributed by atoms with Gasteiger partial charge in [0.1, 0.15) is 0 Å². The van der Waals surface area contributed by atoms with Crippen LogP contribution in [0.2, 0.25) is 0 Å². The smallest absolute Gasteiger partial charge is 0.266 e. The van der Waals surface area contributed by atoms with Gasteiger partial charge in [-0.2, -0.15) is 0 Å². The summed E-state index contributed by atoms with van der Waals surface area (Å²) in [7, 11) is 0. The molecular formula is C22H33N5O2. The molecule has 29 heavy (non-hydrogen) atoms. The summed E-state index contributed by atoms with van der Waals surface area (Å²) in [4.78, 5) is 16.8. The SMILES string of the molecule is CCN(CC)CCn1c(O)c(N=NC(=O)CCN2CCCCC2)c2ccccc21. The minimum absolute atomic E-state index is 0.0749. The lowest BCUT2D eigenvalue weighted by Crippen LogP contribution is -2.31. The number of carbonyl (C=O) groups is 1. The molecule has 3 rings (SSSR count). The highest BCUT2D eigenvalue weighted by atomic mass is 16.3. The first-order chi connectivity index (χ1) is 14.1. The van der Waals surface area contributed by atoms with Gasteiger partial charge in [0, 0.05) is 31.4 Å². The lowest BCUT2D eigenvalue weighted by atomic mass is 10.1. The van der Waals surface area contributed by atoms with E-state index in [4.69, 9.17) is 0 Å². The van der Waals surface area contributed by atoms with Crippen molar-refractivity contribution < 1.29 is 9.90 Å². The van der Waals surface area contributed by atoms with E-state index in [0.717, 1.165) is 50.2 Å². The molecule has 1 aromatic heterocycles. The minimum Gasteiger partial charge on any atom is -0.493 e. The molecule has 0 spiro atoms. The molecular weight excluding hydrogens is 366 g/mol. The van der Waals surface area contributed by atoms with Crippen molar-refractivity contribution >= 4 is 22.5 Å². The van der Waals surface area contributed by atoms with Crippen LogP contribution in [0.1, 0.15) is 39.5 Å². The zero-order valence-corrected chi connectivity index (χ0v) is 17.7. The van der Waals surface area contributed by atoms with Gasteiger partial charge in [-0.25, -0.2) is 0 Å². The van der Waals surface area contributed by atoms with Crippen molar-refractivity contribution in [2.45, 2.75) is 46.1 Å². The number of para-hydroxylation sites is 1. The number of piperidine rings is 1. The number of hydrogen-bond acceptors (Lipinski definition) is 5. The van der Waals surface area contributed by atoms with Crippen molar-refractivity contribution in [1.29, 1.82) is 0 Å². The van der Waals surface area contributed by atoms with Gasteiger partial charge in [-0.15, -0.1) is 10.2 Å². The average Bonchev–Trinajstić information content (AvgIpc) is 3.03. The van der Waals surface area contributed by atoms with E-state index in [1.807, 2.05) is 28.8 Å². The summed E-state index contributed by atoms with van der Waals surface area (Å²) in [5.74, 6) is -0.166. The molecule has 7 nitrogen and oxygen atoms in total. The number of likely N-dealkylation sites (N-methyl/N-ethyl adjacent to an activating group) is 1. The molecule has 2 heterocycles. The van der Waals surface area contributed by atoms with Crippen molar-refractivity contribution in [2.24, 2.45) is 10.2 Å². The van der Waals surface area contributed by atoms with E-state index >= 15 is 0 Å². The molecule has 0 aliphatic carbocycles. The summed E-state index contributed by atoms with van der Waals surface area (Å²) < 4.78 is 1.86. The van der Waals surface area contributed by atoms with E-state index in [-0.39, 0.29) is 11.8 Å². The Bertz CT molecular complexity index is 835. The maximum Gasteiger partial charge on any atom is 0.266 e. The lowest BCUT2D eigenvalue weighted by molar-refractivity contribution is -0.118. The van der Waals surface area contributed by atoms with E-state index in [9.17, 15) is 9.90 Å². The molecule has 158 valence electrons. The zero-order valence-electron chi connectivity index (χ0n) is 17.7. The number of azo groups is 1. The highest BCUT2D eigenvalue weighted by molar-refractivity contribution is 5.95. The Balaban J connectivity index is 1.72. The first kappa shape index (κ1) is 21.5. The monoisotopic (exact) mass is 399 g/mol. The normalized spacial score (nSPS) is 15.7. The van der Waals surface area contributed by atoms with Crippen LogP contribution in [0, 0.1) is 0 Å².